The van der Waals surface area contributed by atoms with E-state index >= 15 is 0 Å². The van der Waals surface area contributed by atoms with Gasteiger partial charge in [-0.1, -0.05) is 0 Å². The first-order valence-corrected chi connectivity index (χ1v) is 12.0. The first kappa shape index (κ1) is 23.0. The van der Waals surface area contributed by atoms with Gasteiger partial charge in [-0.05, 0) is 56.2 Å². The summed E-state index contributed by atoms with van der Waals surface area (Å²) in [5, 5.41) is 9.98. The minimum absolute atomic E-state index is 0.0507. The Hall–Kier alpha value is -2.21. The van der Waals surface area contributed by atoms with E-state index in [0.29, 0.717) is 24.4 Å². The number of carbonyl (C=O) groups excluding carboxylic acids is 1. The number of nitriles is 1. The van der Waals surface area contributed by atoms with Crippen LogP contribution >= 0.6 is 0 Å². The van der Waals surface area contributed by atoms with Crippen molar-refractivity contribution in [2.24, 2.45) is 11.3 Å². The summed E-state index contributed by atoms with van der Waals surface area (Å²) in [5.41, 5.74) is 6.90. The molecule has 3 saturated heterocycles. The molecule has 2 N–H and O–H groups in total. The third-order valence-electron chi connectivity index (χ3n) is 7.53. The SMILES string of the molecule is N#CC1(C(=O)N2CCC(CCN3CCOCC3)CC2)CCN(Cc2ccncc2N)CC1. The minimum Gasteiger partial charge on any atom is -0.397 e. The van der Waals surface area contributed by atoms with Crippen LogP contribution in [0.1, 0.15) is 37.7 Å². The summed E-state index contributed by atoms with van der Waals surface area (Å²) < 4.78 is 5.43. The molecule has 4 heterocycles. The Morgan fingerprint density at radius 3 is 2.53 bits per heavy atom. The molecule has 3 aliphatic heterocycles. The van der Waals surface area contributed by atoms with Crippen LogP contribution in [0.4, 0.5) is 5.69 Å². The number of rotatable bonds is 6. The minimum atomic E-state index is -0.874. The number of morpholine rings is 1. The van der Waals surface area contributed by atoms with Crippen LogP contribution in [-0.2, 0) is 16.1 Å². The largest absolute Gasteiger partial charge is 0.397 e. The molecule has 8 nitrogen and oxygen atoms in total. The molecular weight excluding hydrogens is 404 g/mol. The van der Waals surface area contributed by atoms with Gasteiger partial charge in [-0.3, -0.25) is 19.6 Å². The normalized spacial score (nSPS) is 23.0. The number of anilines is 1. The topological polar surface area (TPSA) is 98.7 Å². The molecule has 0 spiro atoms. The van der Waals surface area contributed by atoms with Crippen LogP contribution in [0.15, 0.2) is 18.5 Å². The Labute approximate surface area is 191 Å². The lowest BCUT2D eigenvalue weighted by Crippen LogP contribution is -2.51. The molecule has 0 radical (unpaired) electrons. The second-order valence-corrected chi connectivity index (χ2v) is 9.52. The summed E-state index contributed by atoms with van der Waals surface area (Å²) in [6.45, 7) is 8.65. The molecule has 0 atom stereocenters. The van der Waals surface area contributed by atoms with Gasteiger partial charge in [-0.15, -0.1) is 0 Å². The number of hydrogen-bond acceptors (Lipinski definition) is 7. The zero-order valence-electron chi connectivity index (χ0n) is 19.0. The zero-order chi connectivity index (χ0) is 22.4. The molecule has 0 bridgehead atoms. The third kappa shape index (κ3) is 5.40. The third-order valence-corrected chi connectivity index (χ3v) is 7.53. The van der Waals surface area contributed by atoms with Crippen LogP contribution in [0.5, 0.6) is 0 Å². The molecule has 1 aromatic heterocycles. The van der Waals surface area contributed by atoms with E-state index in [4.69, 9.17) is 10.5 Å². The summed E-state index contributed by atoms with van der Waals surface area (Å²) in [6, 6.07) is 4.36. The predicted octanol–water partition coefficient (Wildman–Crippen LogP) is 1.73. The zero-order valence-corrected chi connectivity index (χ0v) is 19.0. The van der Waals surface area contributed by atoms with Crippen LogP contribution in [0.3, 0.4) is 0 Å². The van der Waals surface area contributed by atoms with E-state index in [-0.39, 0.29) is 5.91 Å². The Morgan fingerprint density at radius 1 is 1.16 bits per heavy atom. The van der Waals surface area contributed by atoms with E-state index in [1.54, 1.807) is 12.4 Å². The number of aromatic nitrogens is 1. The van der Waals surface area contributed by atoms with Crippen molar-refractivity contribution in [2.75, 3.05) is 64.8 Å². The van der Waals surface area contributed by atoms with Crippen molar-refractivity contribution in [1.82, 2.24) is 19.7 Å². The number of pyridine rings is 1. The fraction of sp³-hybridized carbons (Fsp3) is 0.708. The predicted molar refractivity (Wildman–Crippen MR) is 122 cm³/mol. The summed E-state index contributed by atoms with van der Waals surface area (Å²) >= 11 is 0. The van der Waals surface area contributed by atoms with Crippen LogP contribution in [0.2, 0.25) is 0 Å². The van der Waals surface area contributed by atoms with Gasteiger partial charge in [0.05, 0.1) is 31.2 Å². The quantitative estimate of drug-likeness (QED) is 0.719. The van der Waals surface area contributed by atoms with Crippen molar-refractivity contribution in [3.8, 4) is 6.07 Å². The fourth-order valence-electron chi connectivity index (χ4n) is 5.20. The van der Waals surface area contributed by atoms with Gasteiger partial charge in [0.2, 0.25) is 5.91 Å². The van der Waals surface area contributed by atoms with Gasteiger partial charge >= 0.3 is 0 Å². The van der Waals surface area contributed by atoms with E-state index in [2.05, 4.69) is 20.9 Å². The second-order valence-electron chi connectivity index (χ2n) is 9.52. The molecule has 32 heavy (non-hydrogen) atoms. The number of nitrogens with two attached hydrogens (primary N) is 1. The molecule has 1 amide bonds. The van der Waals surface area contributed by atoms with Gasteiger partial charge in [0.15, 0.2) is 0 Å². The van der Waals surface area contributed by atoms with Crippen molar-refractivity contribution in [2.45, 2.75) is 38.6 Å². The molecule has 3 aliphatic rings. The summed E-state index contributed by atoms with van der Waals surface area (Å²) in [6.07, 6.45) is 7.89. The van der Waals surface area contributed by atoms with Crippen molar-refractivity contribution in [3.63, 3.8) is 0 Å². The molecule has 174 valence electrons. The van der Waals surface area contributed by atoms with E-state index in [0.717, 1.165) is 84.0 Å². The molecule has 4 rings (SSSR count). The number of amides is 1. The summed E-state index contributed by atoms with van der Waals surface area (Å²) in [4.78, 5) is 24.1. The average molecular weight is 441 g/mol. The first-order valence-electron chi connectivity index (χ1n) is 12.0. The molecule has 1 aromatic rings. The lowest BCUT2D eigenvalue weighted by Gasteiger charge is -2.41. The maximum absolute atomic E-state index is 13.4. The lowest BCUT2D eigenvalue weighted by molar-refractivity contribution is -0.143. The number of carbonyl (C=O) groups is 1. The Balaban J connectivity index is 1.24. The monoisotopic (exact) mass is 440 g/mol. The molecule has 3 fully saturated rings. The van der Waals surface area contributed by atoms with Crippen molar-refractivity contribution in [3.05, 3.63) is 24.0 Å². The Morgan fingerprint density at radius 2 is 1.88 bits per heavy atom. The lowest BCUT2D eigenvalue weighted by atomic mass is 9.77. The van der Waals surface area contributed by atoms with Crippen LogP contribution in [-0.4, -0.2) is 84.6 Å². The first-order chi connectivity index (χ1) is 15.6. The van der Waals surface area contributed by atoms with Crippen molar-refractivity contribution in [1.29, 1.82) is 5.26 Å². The highest BCUT2D eigenvalue weighted by Gasteiger charge is 2.44. The maximum Gasteiger partial charge on any atom is 0.243 e. The Kier molecular flexibility index (Phi) is 7.61. The second kappa shape index (κ2) is 10.6. The summed E-state index contributed by atoms with van der Waals surface area (Å²) in [7, 11) is 0. The van der Waals surface area contributed by atoms with Crippen molar-refractivity contribution < 1.29 is 9.53 Å². The highest BCUT2D eigenvalue weighted by Crippen LogP contribution is 2.35. The number of nitrogens with zero attached hydrogens (tertiary/aromatic N) is 5. The van der Waals surface area contributed by atoms with E-state index < -0.39 is 5.41 Å². The fourth-order valence-corrected chi connectivity index (χ4v) is 5.20. The molecule has 8 heteroatoms. The molecular formula is C24H36N6O2. The van der Waals surface area contributed by atoms with Gasteiger partial charge in [-0.25, -0.2) is 0 Å². The number of hydrogen-bond donors (Lipinski definition) is 1. The van der Waals surface area contributed by atoms with Crippen LogP contribution in [0, 0.1) is 22.7 Å². The molecule has 0 aromatic carbocycles. The smallest absolute Gasteiger partial charge is 0.243 e. The van der Waals surface area contributed by atoms with Gasteiger partial charge < -0.3 is 15.4 Å². The van der Waals surface area contributed by atoms with E-state index in [9.17, 15) is 10.1 Å². The standard InChI is InChI=1S/C24H36N6O2/c25-19-24(5-11-29(12-6-24)18-21-1-7-27-17-22(21)26)23(31)30-9-3-20(4-10-30)2-8-28-13-15-32-16-14-28/h1,7,17,20H,2-6,8-16,18,26H2. The van der Waals surface area contributed by atoms with Gasteiger partial charge in [0.25, 0.3) is 0 Å². The van der Waals surface area contributed by atoms with E-state index in [1.165, 1.54) is 6.42 Å². The number of likely N-dealkylation sites (tertiary alicyclic amines) is 2. The van der Waals surface area contributed by atoms with Crippen LogP contribution < -0.4 is 5.73 Å². The van der Waals surface area contributed by atoms with Crippen LogP contribution in [0.25, 0.3) is 0 Å². The highest BCUT2D eigenvalue weighted by atomic mass is 16.5. The maximum atomic E-state index is 13.4. The Bertz CT molecular complexity index is 803. The number of nitrogen functional groups attached to an aromatic ring is 1. The number of ether oxygens (including phenoxy) is 1. The van der Waals surface area contributed by atoms with Gasteiger partial charge in [0.1, 0.15) is 5.41 Å². The molecule has 0 unspecified atom stereocenters. The van der Waals surface area contributed by atoms with E-state index in [1.807, 2.05) is 11.0 Å². The molecule has 0 aliphatic carbocycles. The number of piperidine rings is 2. The summed E-state index contributed by atoms with van der Waals surface area (Å²) in [5.74, 6) is 0.724. The van der Waals surface area contributed by atoms with Crippen molar-refractivity contribution >= 4 is 11.6 Å². The van der Waals surface area contributed by atoms with Gasteiger partial charge in [-0.2, -0.15) is 5.26 Å². The highest BCUT2D eigenvalue weighted by molar-refractivity contribution is 5.85. The average Bonchev–Trinajstić information content (AvgIpc) is 2.85. The molecule has 0 saturated carbocycles. The van der Waals surface area contributed by atoms with Gasteiger partial charge in [0, 0.05) is 52.0 Å².